The van der Waals surface area contributed by atoms with Crippen molar-refractivity contribution in [3.63, 3.8) is 0 Å². The first-order chi connectivity index (χ1) is 7.22. The van der Waals surface area contributed by atoms with Crippen molar-refractivity contribution in [1.82, 2.24) is 0 Å². The van der Waals surface area contributed by atoms with Gasteiger partial charge in [-0.3, -0.25) is 0 Å². The number of carbonyl (C=O) groups is 1. The smallest absolute Gasteiger partial charge is 0.334 e. The van der Waals surface area contributed by atoms with Gasteiger partial charge in [0.1, 0.15) is 6.10 Å². The number of aliphatic hydroxyl groups excluding tert-OH is 1. The summed E-state index contributed by atoms with van der Waals surface area (Å²) < 4.78 is 5.34. The third-order valence-electron chi connectivity index (χ3n) is 3.33. The fourth-order valence-electron chi connectivity index (χ4n) is 2.48. The summed E-state index contributed by atoms with van der Waals surface area (Å²) in [5.41, 5.74) is 0.717. The van der Waals surface area contributed by atoms with Gasteiger partial charge in [-0.05, 0) is 25.3 Å². The highest BCUT2D eigenvalue weighted by atomic mass is 16.6. The predicted molar refractivity (Wildman–Crippen MR) is 56.2 cm³/mol. The lowest BCUT2D eigenvalue weighted by Gasteiger charge is -2.22. The lowest BCUT2D eigenvalue weighted by Crippen LogP contribution is -2.22. The Labute approximate surface area is 90.1 Å². The average Bonchev–Trinajstić information content (AvgIpc) is 2.53. The molecule has 0 aromatic heterocycles. The molecule has 2 aliphatic rings. The van der Waals surface area contributed by atoms with Crippen molar-refractivity contribution in [2.24, 2.45) is 5.92 Å². The number of hydrogen-bond donors (Lipinski definition) is 1. The summed E-state index contributed by atoms with van der Waals surface area (Å²) >= 11 is 0. The van der Waals surface area contributed by atoms with Crippen molar-refractivity contribution < 1.29 is 14.6 Å². The largest absolute Gasteiger partial charge is 0.458 e. The zero-order valence-electron chi connectivity index (χ0n) is 9.11. The Morgan fingerprint density at radius 1 is 1.53 bits per heavy atom. The number of ether oxygens (including phenoxy) is 1. The molecule has 0 aromatic rings. The van der Waals surface area contributed by atoms with E-state index in [2.05, 4.69) is 6.92 Å². The van der Waals surface area contributed by atoms with Crippen LogP contribution in [0.1, 0.15) is 39.0 Å². The van der Waals surface area contributed by atoms with Gasteiger partial charge < -0.3 is 9.84 Å². The van der Waals surface area contributed by atoms with E-state index in [0.717, 1.165) is 37.7 Å². The van der Waals surface area contributed by atoms with Crippen LogP contribution in [-0.4, -0.2) is 23.3 Å². The van der Waals surface area contributed by atoms with Gasteiger partial charge in [0.2, 0.25) is 0 Å². The molecule has 0 radical (unpaired) electrons. The molecule has 3 nitrogen and oxygen atoms in total. The number of aliphatic hydroxyl groups is 1. The van der Waals surface area contributed by atoms with E-state index >= 15 is 0 Å². The van der Waals surface area contributed by atoms with E-state index in [0.29, 0.717) is 0 Å². The van der Waals surface area contributed by atoms with Crippen molar-refractivity contribution in [2.75, 3.05) is 0 Å². The molecular formula is C12H18O3. The van der Waals surface area contributed by atoms with E-state index < -0.39 is 6.10 Å². The molecule has 15 heavy (non-hydrogen) atoms. The van der Waals surface area contributed by atoms with E-state index in [1.165, 1.54) is 0 Å². The van der Waals surface area contributed by atoms with Crippen molar-refractivity contribution in [3.8, 4) is 0 Å². The summed E-state index contributed by atoms with van der Waals surface area (Å²) in [6.45, 7) is 2.14. The van der Waals surface area contributed by atoms with Crippen LogP contribution in [0.4, 0.5) is 0 Å². The van der Waals surface area contributed by atoms with Crippen LogP contribution in [0.3, 0.4) is 0 Å². The summed E-state index contributed by atoms with van der Waals surface area (Å²) in [4.78, 5) is 11.5. The molecule has 1 fully saturated rings. The Balaban J connectivity index is 2.07. The minimum atomic E-state index is -0.450. The van der Waals surface area contributed by atoms with E-state index in [4.69, 9.17) is 4.74 Å². The van der Waals surface area contributed by atoms with Crippen LogP contribution in [0.25, 0.3) is 0 Å². The number of unbranched alkanes of at least 4 members (excludes halogenated alkanes) is 1. The summed E-state index contributed by atoms with van der Waals surface area (Å²) in [6, 6.07) is 0. The third-order valence-corrected chi connectivity index (χ3v) is 3.33. The lowest BCUT2D eigenvalue weighted by atomic mass is 9.83. The normalized spacial score (nSPS) is 34.7. The molecule has 0 bridgehead atoms. The number of hydrogen-bond acceptors (Lipinski definition) is 3. The van der Waals surface area contributed by atoms with Crippen LogP contribution in [0.5, 0.6) is 0 Å². The van der Waals surface area contributed by atoms with E-state index in [1.807, 2.05) is 0 Å². The zero-order chi connectivity index (χ0) is 10.8. The number of rotatable bonds is 3. The molecule has 0 unspecified atom stereocenters. The minimum absolute atomic E-state index is 0.0659. The molecule has 1 aliphatic heterocycles. The van der Waals surface area contributed by atoms with Gasteiger partial charge in [-0.15, -0.1) is 0 Å². The van der Waals surface area contributed by atoms with Crippen LogP contribution in [0.15, 0.2) is 11.6 Å². The second-order valence-electron chi connectivity index (χ2n) is 4.46. The molecular weight excluding hydrogens is 192 g/mol. The maximum absolute atomic E-state index is 11.5. The van der Waals surface area contributed by atoms with Crippen LogP contribution in [-0.2, 0) is 9.53 Å². The molecule has 84 valence electrons. The molecule has 0 spiro atoms. The Bertz CT molecular complexity index is 283. The van der Waals surface area contributed by atoms with Gasteiger partial charge in [0.05, 0.1) is 6.10 Å². The van der Waals surface area contributed by atoms with Crippen LogP contribution < -0.4 is 0 Å². The minimum Gasteiger partial charge on any atom is -0.458 e. The predicted octanol–water partition coefficient (Wildman–Crippen LogP) is 1.80. The Morgan fingerprint density at radius 3 is 3.07 bits per heavy atom. The van der Waals surface area contributed by atoms with E-state index in [-0.39, 0.29) is 18.0 Å². The van der Waals surface area contributed by atoms with Crippen molar-refractivity contribution >= 4 is 5.97 Å². The Hall–Kier alpha value is -0.830. The van der Waals surface area contributed by atoms with Crippen molar-refractivity contribution in [1.29, 1.82) is 0 Å². The van der Waals surface area contributed by atoms with Crippen LogP contribution in [0, 0.1) is 5.92 Å². The van der Waals surface area contributed by atoms with Crippen molar-refractivity contribution in [2.45, 2.75) is 51.2 Å². The lowest BCUT2D eigenvalue weighted by molar-refractivity contribution is -0.139. The van der Waals surface area contributed by atoms with Gasteiger partial charge in [0, 0.05) is 11.5 Å². The maximum Gasteiger partial charge on any atom is 0.334 e. The maximum atomic E-state index is 11.5. The molecule has 3 heteroatoms. The second kappa shape index (κ2) is 4.35. The summed E-state index contributed by atoms with van der Waals surface area (Å²) in [7, 11) is 0. The summed E-state index contributed by atoms with van der Waals surface area (Å²) in [5.74, 6) is 0.0345. The van der Waals surface area contributed by atoms with Gasteiger partial charge in [0.25, 0.3) is 0 Å². The van der Waals surface area contributed by atoms with Gasteiger partial charge >= 0.3 is 5.97 Å². The second-order valence-corrected chi connectivity index (χ2v) is 4.46. The first-order valence-corrected chi connectivity index (χ1v) is 5.83. The van der Waals surface area contributed by atoms with Crippen LogP contribution >= 0.6 is 0 Å². The number of carbonyl (C=O) groups excluding carboxylic acids is 1. The van der Waals surface area contributed by atoms with E-state index in [1.54, 1.807) is 6.08 Å². The fraction of sp³-hybridized carbons (Fsp3) is 0.750. The number of cyclic esters (lactones) is 1. The third kappa shape index (κ3) is 2.07. The zero-order valence-corrected chi connectivity index (χ0v) is 9.11. The van der Waals surface area contributed by atoms with Gasteiger partial charge in [-0.2, -0.15) is 0 Å². The van der Waals surface area contributed by atoms with Gasteiger partial charge in [-0.25, -0.2) is 4.79 Å². The highest BCUT2D eigenvalue weighted by Gasteiger charge is 2.41. The molecule has 1 N–H and O–H groups in total. The molecule has 1 aliphatic carbocycles. The molecule has 3 atom stereocenters. The van der Waals surface area contributed by atoms with Gasteiger partial charge in [0.15, 0.2) is 0 Å². The Morgan fingerprint density at radius 2 is 2.33 bits per heavy atom. The molecule has 1 saturated heterocycles. The standard InChI is InChI=1S/C12H18O3/c1-2-3-4-11-9-6-5-8(13)7-10(9)12(14)15-11/h7-9,11,13H,2-6H2,1H3/t8-,9+,11-/m0/s1. The first-order valence-electron chi connectivity index (χ1n) is 5.83. The monoisotopic (exact) mass is 210 g/mol. The molecule has 0 amide bonds. The summed E-state index contributed by atoms with van der Waals surface area (Å²) in [6.07, 6.45) is 6.13. The van der Waals surface area contributed by atoms with Gasteiger partial charge in [-0.1, -0.05) is 19.8 Å². The number of fused-ring (bicyclic) bond motifs is 1. The molecule has 2 rings (SSSR count). The fourth-order valence-corrected chi connectivity index (χ4v) is 2.48. The van der Waals surface area contributed by atoms with Crippen LogP contribution in [0.2, 0.25) is 0 Å². The highest BCUT2D eigenvalue weighted by molar-refractivity contribution is 5.91. The quantitative estimate of drug-likeness (QED) is 0.722. The molecule has 0 aromatic carbocycles. The molecule has 1 heterocycles. The summed E-state index contributed by atoms with van der Waals surface area (Å²) in [5, 5.41) is 9.45. The highest BCUT2D eigenvalue weighted by Crippen LogP contribution is 2.37. The molecule has 0 saturated carbocycles. The average molecular weight is 210 g/mol. The SMILES string of the molecule is CCCC[C@@H]1OC(=O)C2=C[C@@H](O)CC[C@H]21. The Kier molecular flexibility index (Phi) is 3.10. The van der Waals surface area contributed by atoms with Crippen molar-refractivity contribution in [3.05, 3.63) is 11.6 Å². The first kappa shape index (κ1) is 10.7. The topological polar surface area (TPSA) is 46.5 Å². The van der Waals surface area contributed by atoms with E-state index in [9.17, 15) is 9.90 Å². The number of esters is 1.